The summed E-state index contributed by atoms with van der Waals surface area (Å²) in [6, 6.07) is 14.8. The lowest BCUT2D eigenvalue weighted by Crippen LogP contribution is -2.10. The highest BCUT2D eigenvalue weighted by Crippen LogP contribution is 2.26. The zero-order chi connectivity index (χ0) is 14.8. The molecule has 1 aromatic heterocycles. The Kier molecular flexibility index (Phi) is 3.67. The Morgan fingerprint density at radius 1 is 1.14 bits per heavy atom. The van der Waals surface area contributed by atoms with Gasteiger partial charge in [-0.2, -0.15) is 0 Å². The number of hydrogen-bond donors (Lipinski definition) is 0. The number of methoxy groups -OCH3 is 1. The van der Waals surface area contributed by atoms with Crippen LogP contribution in [0.1, 0.15) is 10.4 Å². The molecule has 3 nitrogen and oxygen atoms in total. The standard InChI is InChI=1S/C17H14ClNO2/c1-21-17-8-4-7-15-13(17)9-10-19(15)11-16(20)12-5-2-3-6-14(12)18/h2-10H,11H2,1H3. The average molecular weight is 300 g/mol. The number of halogens is 1. The van der Waals surface area contributed by atoms with Crippen LogP contribution in [0.3, 0.4) is 0 Å². The van der Waals surface area contributed by atoms with E-state index in [9.17, 15) is 4.79 Å². The first-order valence-corrected chi connectivity index (χ1v) is 6.98. The number of benzene rings is 2. The Morgan fingerprint density at radius 3 is 2.71 bits per heavy atom. The predicted octanol–water partition coefficient (Wildman–Crippen LogP) is 4.19. The fourth-order valence-electron chi connectivity index (χ4n) is 2.44. The van der Waals surface area contributed by atoms with E-state index in [0.717, 1.165) is 16.7 Å². The smallest absolute Gasteiger partial charge is 0.183 e. The summed E-state index contributed by atoms with van der Waals surface area (Å²) in [5.41, 5.74) is 1.51. The van der Waals surface area contributed by atoms with Crippen LogP contribution >= 0.6 is 11.6 Å². The van der Waals surface area contributed by atoms with Gasteiger partial charge in [0, 0.05) is 17.1 Å². The molecule has 0 N–H and O–H groups in total. The molecule has 4 heteroatoms. The van der Waals surface area contributed by atoms with Gasteiger partial charge in [-0.05, 0) is 30.3 Å². The van der Waals surface area contributed by atoms with Crippen molar-refractivity contribution in [3.05, 3.63) is 65.3 Å². The van der Waals surface area contributed by atoms with E-state index in [1.165, 1.54) is 0 Å². The quantitative estimate of drug-likeness (QED) is 0.677. The van der Waals surface area contributed by atoms with Crippen molar-refractivity contribution in [2.24, 2.45) is 0 Å². The third-order valence-electron chi connectivity index (χ3n) is 3.48. The lowest BCUT2D eigenvalue weighted by atomic mass is 10.1. The van der Waals surface area contributed by atoms with Crippen molar-refractivity contribution >= 4 is 28.3 Å². The summed E-state index contributed by atoms with van der Waals surface area (Å²) in [4.78, 5) is 12.4. The van der Waals surface area contributed by atoms with Crippen molar-refractivity contribution in [2.75, 3.05) is 7.11 Å². The molecule has 1 heterocycles. The fraction of sp³-hybridized carbons (Fsp3) is 0.118. The Labute approximate surface area is 127 Å². The molecule has 0 aliphatic rings. The summed E-state index contributed by atoms with van der Waals surface area (Å²) in [6.45, 7) is 0.250. The number of ketones is 1. The molecule has 0 atom stereocenters. The Hall–Kier alpha value is -2.26. The minimum Gasteiger partial charge on any atom is -0.496 e. The van der Waals surface area contributed by atoms with E-state index in [2.05, 4.69) is 0 Å². The SMILES string of the molecule is COc1cccc2c1ccn2CC(=O)c1ccccc1Cl. The van der Waals surface area contributed by atoms with E-state index in [-0.39, 0.29) is 12.3 Å². The lowest BCUT2D eigenvalue weighted by molar-refractivity contribution is 0.0974. The van der Waals surface area contributed by atoms with Gasteiger partial charge in [0.2, 0.25) is 0 Å². The molecule has 0 amide bonds. The molecule has 0 spiro atoms. The topological polar surface area (TPSA) is 31.2 Å². The molecule has 0 aliphatic heterocycles. The van der Waals surface area contributed by atoms with Crippen molar-refractivity contribution in [2.45, 2.75) is 6.54 Å². The molecule has 0 bridgehead atoms. The minimum atomic E-state index is -0.0130. The van der Waals surface area contributed by atoms with Gasteiger partial charge in [-0.1, -0.05) is 29.8 Å². The van der Waals surface area contributed by atoms with E-state index < -0.39 is 0 Å². The zero-order valence-electron chi connectivity index (χ0n) is 11.5. The Bertz CT molecular complexity index is 807. The molecule has 0 aliphatic carbocycles. The number of nitrogens with zero attached hydrogens (tertiary/aromatic N) is 1. The highest BCUT2D eigenvalue weighted by Gasteiger charge is 2.12. The highest BCUT2D eigenvalue weighted by atomic mass is 35.5. The molecule has 3 rings (SSSR count). The minimum absolute atomic E-state index is 0.0130. The number of Topliss-reactive ketones (excluding diaryl/α,β-unsaturated/α-hetero) is 1. The molecule has 3 aromatic rings. The number of ether oxygens (including phenoxy) is 1. The van der Waals surface area contributed by atoms with Gasteiger partial charge in [-0.25, -0.2) is 0 Å². The molecule has 0 radical (unpaired) electrons. The zero-order valence-corrected chi connectivity index (χ0v) is 12.3. The van der Waals surface area contributed by atoms with Crippen LogP contribution in [-0.2, 0) is 6.54 Å². The monoisotopic (exact) mass is 299 g/mol. The summed E-state index contributed by atoms with van der Waals surface area (Å²) < 4.78 is 7.24. The van der Waals surface area contributed by atoms with Crippen LogP contribution in [-0.4, -0.2) is 17.5 Å². The van der Waals surface area contributed by atoms with Crippen molar-refractivity contribution in [1.82, 2.24) is 4.57 Å². The molecular weight excluding hydrogens is 286 g/mol. The van der Waals surface area contributed by atoms with Crippen LogP contribution in [0.25, 0.3) is 10.9 Å². The van der Waals surface area contributed by atoms with Gasteiger partial charge in [-0.3, -0.25) is 4.79 Å². The summed E-state index contributed by atoms with van der Waals surface area (Å²) in [5.74, 6) is 0.789. The molecule has 106 valence electrons. The molecule has 0 saturated heterocycles. The molecule has 0 saturated carbocycles. The number of carbonyl (C=O) groups is 1. The first-order chi connectivity index (χ1) is 10.2. The van der Waals surface area contributed by atoms with Gasteiger partial charge in [0.15, 0.2) is 5.78 Å². The van der Waals surface area contributed by atoms with Crippen molar-refractivity contribution < 1.29 is 9.53 Å². The molecule has 0 fully saturated rings. The van der Waals surface area contributed by atoms with Crippen LogP contribution in [0.4, 0.5) is 0 Å². The number of fused-ring (bicyclic) bond motifs is 1. The van der Waals surface area contributed by atoms with Gasteiger partial charge in [0.1, 0.15) is 5.75 Å². The molecular formula is C17H14ClNO2. The van der Waals surface area contributed by atoms with Gasteiger partial charge in [0.25, 0.3) is 0 Å². The van der Waals surface area contributed by atoms with Crippen LogP contribution in [0.5, 0.6) is 5.75 Å². The summed E-state index contributed by atoms with van der Waals surface area (Å²) in [7, 11) is 1.64. The van der Waals surface area contributed by atoms with E-state index in [0.29, 0.717) is 10.6 Å². The highest BCUT2D eigenvalue weighted by molar-refractivity contribution is 6.33. The third kappa shape index (κ3) is 2.52. The van der Waals surface area contributed by atoms with Crippen LogP contribution in [0, 0.1) is 0 Å². The van der Waals surface area contributed by atoms with Gasteiger partial charge < -0.3 is 9.30 Å². The van der Waals surface area contributed by atoms with Crippen LogP contribution in [0.2, 0.25) is 5.02 Å². The van der Waals surface area contributed by atoms with Crippen LogP contribution < -0.4 is 4.74 Å². The maximum absolute atomic E-state index is 12.4. The maximum Gasteiger partial charge on any atom is 0.183 e. The Balaban J connectivity index is 1.96. The van der Waals surface area contributed by atoms with E-state index >= 15 is 0 Å². The average Bonchev–Trinajstić information content (AvgIpc) is 2.91. The summed E-state index contributed by atoms with van der Waals surface area (Å²) in [5, 5.41) is 1.48. The normalized spacial score (nSPS) is 10.8. The Morgan fingerprint density at radius 2 is 1.95 bits per heavy atom. The first-order valence-electron chi connectivity index (χ1n) is 6.60. The number of rotatable bonds is 4. The predicted molar refractivity (Wildman–Crippen MR) is 84.3 cm³/mol. The van der Waals surface area contributed by atoms with E-state index in [1.54, 1.807) is 19.2 Å². The summed E-state index contributed by atoms with van der Waals surface area (Å²) in [6.07, 6.45) is 1.89. The van der Waals surface area contributed by atoms with E-state index in [4.69, 9.17) is 16.3 Å². The van der Waals surface area contributed by atoms with Crippen molar-refractivity contribution in [3.63, 3.8) is 0 Å². The lowest BCUT2D eigenvalue weighted by Gasteiger charge is -2.07. The fourth-order valence-corrected chi connectivity index (χ4v) is 2.68. The molecule has 0 unspecified atom stereocenters. The van der Waals surface area contributed by atoms with Crippen molar-refractivity contribution in [3.8, 4) is 5.75 Å². The van der Waals surface area contributed by atoms with Gasteiger partial charge >= 0.3 is 0 Å². The maximum atomic E-state index is 12.4. The number of hydrogen-bond acceptors (Lipinski definition) is 2. The number of carbonyl (C=O) groups excluding carboxylic acids is 1. The number of aromatic nitrogens is 1. The summed E-state index contributed by atoms with van der Waals surface area (Å²) >= 11 is 6.08. The largest absolute Gasteiger partial charge is 0.496 e. The van der Waals surface area contributed by atoms with Gasteiger partial charge in [-0.15, -0.1) is 0 Å². The third-order valence-corrected chi connectivity index (χ3v) is 3.81. The molecule has 21 heavy (non-hydrogen) atoms. The second-order valence-corrected chi connectivity index (χ2v) is 5.15. The van der Waals surface area contributed by atoms with Gasteiger partial charge in [0.05, 0.1) is 24.2 Å². The second-order valence-electron chi connectivity index (χ2n) is 4.74. The molecule has 2 aromatic carbocycles. The first kappa shape index (κ1) is 13.7. The van der Waals surface area contributed by atoms with E-state index in [1.807, 2.05) is 47.2 Å². The second kappa shape index (κ2) is 5.62. The van der Waals surface area contributed by atoms with Crippen LogP contribution in [0.15, 0.2) is 54.7 Å². The van der Waals surface area contributed by atoms with Crippen molar-refractivity contribution in [1.29, 1.82) is 0 Å².